The molecule has 2 rings (SSSR count). The van der Waals surface area contributed by atoms with Crippen LogP contribution in [0.5, 0.6) is 5.75 Å². The van der Waals surface area contributed by atoms with E-state index in [9.17, 15) is 9.90 Å². The molecular weight excluding hydrogens is 384 g/mol. The number of hydrogen-bond acceptors (Lipinski definition) is 7. The molecule has 0 saturated carbocycles. The highest BCUT2D eigenvalue weighted by Gasteiger charge is 2.11. The number of halogens is 1. The van der Waals surface area contributed by atoms with Crippen LogP contribution in [0, 0.1) is 6.92 Å². The predicted octanol–water partition coefficient (Wildman–Crippen LogP) is 2.59. The molecule has 6 nitrogen and oxygen atoms in total. The fourth-order valence-corrected chi connectivity index (χ4v) is 2.68. The minimum atomic E-state index is -1.35. The van der Waals surface area contributed by atoms with Gasteiger partial charge in [0.25, 0.3) is 5.22 Å². The van der Waals surface area contributed by atoms with E-state index in [0.717, 1.165) is 16.2 Å². The van der Waals surface area contributed by atoms with Gasteiger partial charge in [-0.2, -0.15) is 0 Å². The van der Waals surface area contributed by atoms with Gasteiger partial charge in [-0.05, 0) is 36.0 Å². The third kappa shape index (κ3) is 4.97. The molecule has 0 aliphatic carbocycles. The molecule has 0 saturated heterocycles. The van der Waals surface area contributed by atoms with Gasteiger partial charge in [0.2, 0.25) is 5.89 Å². The number of aryl methyl sites for hydroxylation is 1. The maximum atomic E-state index is 11.4. The summed E-state index contributed by atoms with van der Waals surface area (Å²) in [5.74, 6) is -0.475. The fraction of sp³-hybridized carbons (Fsp3) is 0.133. The number of hydrogen-bond donors (Lipinski definition) is 0. The van der Waals surface area contributed by atoms with Crippen LogP contribution in [0.3, 0.4) is 0 Å². The lowest BCUT2D eigenvalue weighted by atomic mass is 10.2. The maximum absolute atomic E-state index is 11.4. The zero-order chi connectivity index (χ0) is 16.8. The van der Waals surface area contributed by atoms with E-state index in [2.05, 4.69) is 32.7 Å². The summed E-state index contributed by atoms with van der Waals surface area (Å²) in [6, 6.07) is 5.26. The third-order valence-electron chi connectivity index (χ3n) is 2.52. The number of ether oxygens (including phenoxy) is 1. The molecule has 1 heterocycles. The molecule has 1 aromatic carbocycles. The van der Waals surface area contributed by atoms with E-state index in [0.29, 0.717) is 23.8 Å². The molecule has 0 aliphatic rings. The molecule has 0 atom stereocenters. The molecule has 0 aliphatic heterocycles. The molecule has 0 spiro atoms. The van der Waals surface area contributed by atoms with Crippen LogP contribution >= 0.6 is 27.7 Å². The van der Waals surface area contributed by atoms with Gasteiger partial charge in [-0.15, -0.1) is 10.2 Å². The highest BCUT2D eigenvalue weighted by Crippen LogP contribution is 2.31. The van der Waals surface area contributed by atoms with E-state index in [1.807, 2.05) is 0 Å². The molecule has 1 aromatic heterocycles. The van der Waals surface area contributed by atoms with Gasteiger partial charge in [0.15, 0.2) is 0 Å². The van der Waals surface area contributed by atoms with Crippen molar-refractivity contribution >= 4 is 39.7 Å². The van der Waals surface area contributed by atoms with Gasteiger partial charge >= 0.3 is 0 Å². The predicted molar refractivity (Wildman–Crippen MR) is 87.7 cm³/mol. The minimum Gasteiger partial charge on any atom is -0.544 e. The summed E-state index contributed by atoms with van der Waals surface area (Å²) in [4.78, 5) is 11.3. The van der Waals surface area contributed by atoms with Crippen LogP contribution in [0.1, 0.15) is 11.5 Å². The van der Waals surface area contributed by atoms with E-state index in [1.54, 1.807) is 31.2 Å². The second-order valence-electron chi connectivity index (χ2n) is 4.27. The van der Waals surface area contributed by atoms with Gasteiger partial charge in [0.1, 0.15) is 12.4 Å². The summed E-state index contributed by atoms with van der Waals surface area (Å²) in [6.45, 7) is 5.51. The average molecular weight is 396 g/mol. The van der Waals surface area contributed by atoms with Crippen molar-refractivity contribution in [3.8, 4) is 5.75 Å². The maximum Gasteiger partial charge on any atom is 0.281 e. The Labute approximate surface area is 145 Å². The van der Waals surface area contributed by atoms with Crippen LogP contribution in [0.25, 0.3) is 6.08 Å². The van der Waals surface area contributed by atoms with Gasteiger partial charge in [-0.25, -0.2) is 0 Å². The van der Waals surface area contributed by atoms with Gasteiger partial charge in [-0.3, -0.25) is 0 Å². The number of nitrogens with zero attached hydrogens (tertiary/aromatic N) is 2. The highest BCUT2D eigenvalue weighted by molar-refractivity contribution is 9.10. The fourth-order valence-electron chi connectivity index (χ4n) is 1.60. The summed E-state index contributed by atoms with van der Waals surface area (Å²) in [7, 11) is 0. The summed E-state index contributed by atoms with van der Waals surface area (Å²) in [6.07, 6.45) is 3.04. The first-order chi connectivity index (χ1) is 11.0. The van der Waals surface area contributed by atoms with Crippen molar-refractivity contribution in [2.75, 3.05) is 6.61 Å². The molecule has 0 unspecified atom stereocenters. The largest absolute Gasteiger partial charge is 0.544 e. The number of carboxylic acids is 1. The van der Waals surface area contributed by atoms with Crippen LogP contribution in [0.2, 0.25) is 0 Å². The zero-order valence-electron chi connectivity index (χ0n) is 12.1. The lowest BCUT2D eigenvalue weighted by molar-refractivity contribution is -0.298. The van der Waals surface area contributed by atoms with Crippen molar-refractivity contribution in [3.05, 3.63) is 51.7 Å². The number of aliphatic carboxylic acids is 1. The number of aromatic nitrogens is 2. The monoisotopic (exact) mass is 395 g/mol. The van der Waals surface area contributed by atoms with Crippen molar-refractivity contribution in [2.24, 2.45) is 0 Å². The Morgan fingerprint density at radius 2 is 2.30 bits per heavy atom. The Morgan fingerprint density at radius 3 is 2.91 bits per heavy atom. The molecule has 0 radical (unpaired) electrons. The van der Waals surface area contributed by atoms with E-state index in [-0.39, 0.29) is 10.1 Å². The molecule has 23 heavy (non-hydrogen) atoms. The van der Waals surface area contributed by atoms with E-state index < -0.39 is 5.97 Å². The minimum absolute atomic E-state index is 0.0739. The number of carbonyl (C=O) groups excluding carboxylic acids is 1. The summed E-state index contributed by atoms with van der Waals surface area (Å²) in [5.41, 5.74) is 0.573. The first-order valence-electron chi connectivity index (χ1n) is 6.44. The molecule has 0 amide bonds. The number of rotatable bonds is 7. The van der Waals surface area contributed by atoms with Gasteiger partial charge in [0, 0.05) is 21.9 Å². The molecule has 120 valence electrons. The number of benzene rings is 1. The lowest BCUT2D eigenvalue weighted by Gasteiger charge is -2.10. The van der Waals surface area contributed by atoms with Crippen molar-refractivity contribution in [1.29, 1.82) is 0 Å². The number of thioether (sulfide) groups is 1. The van der Waals surface area contributed by atoms with Crippen molar-refractivity contribution in [1.82, 2.24) is 10.2 Å². The molecule has 0 fully saturated rings. The Hall–Kier alpha value is -2.06. The van der Waals surface area contributed by atoms with Crippen LogP contribution in [0.4, 0.5) is 0 Å². The third-order valence-corrected chi connectivity index (χ3v) is 3.86. The lowest BCUT2D eigenvalue weighted by Crippen LogP contribution is -2.23. The first kappa shape index (κ1) is 17.3. The van der Waals surface area contributed by atoms with Crippen LogP contribution in [-0.2, 0) is 4.79 Å². The normalized spacial score (nSPS) is 11.3. The number of carbonyl (C=O) groups is 1. The highest BCUT2D eigenvalue weighted by atomic mass is 79.9. The van der Waals surface area contributed by atoms with Crippen LogP contribution in [0.15, 0.2) is 49.9 Å². The standard InChI is InChI=1S/C15H13BrN2O4S/c1-3-6-21-12-5-4-11(16)7-10(12)8-13(14(19)20)23-15-18-17-9(2)22-15/h3-5,7-8H,1,6H2,2H3,(H,19,20)/p-1/b13-8-. The molecule has 8 heteroatoms. The molecule has 0 bridgehead atoms. The Morgan fingerprint density at radius 1 is 1.52 bits per heavy atom. The molecule has 2 aromatic rings. The topological polar surface area (TPSA) is 88.3 Å². The van der Waals surface area contributed by atoms with Crippen LogP contribution in [-0.4, -0.2) is 22.8 Å². The quantitative estimate of drug-likeness (QED) is 0.404. The van der Waals surface area contributed by atoms with Crippen molar-refractivity contribution in [3.63, 3.8) is 0 Å². The van der Waals surface area contributed by atoms with Gasteiger partial charge in [-0.1, -0.05) is 28.6 Å². The van der Waals surface area contributed by atoms with Gasteiger partial charge in [0.05, 0.1) is 5.97 Å². The van der Waals surface area contributed by atoms with E-state index in [4.69, 9.17) is 9.15 Å². The first-order valence-corrected chi connectivity index (χ1v) is 8.05. The Bertz CT molecular complexity index is 758. The molecular formula is C15H12BrN2O4S-. The van der Waals surface area contributed by atoms with Crippen molar-refractivity contribution < 1.29 is 19.1 Å². The second kappa shape index (κ2) is 7.98. The SMILES string of the molecule is C=CCOc1ccc(Br)cc1/C=C(\Sc1nnc(C)o1)C(=O)[O-]. The molecule has 0 N–H and O–H groups in total. The van der Waals surface area contributed by atoms with Crippen molar-refractivity contribution in [2.45, 2.75) is 12.1 Å². The smallest absolute Gasteiger partial charge is 0.281 e. The second-order valence-corrected chi connectivity index (χ2v) is 6.18. The zero-order valence-corrected chi connectivity index (χ0v) is 14.5. The van der Waals surface area contributed by atoms with Gasteiger partial charge < -0.3 is 19.1 Å². The average Bonchev–Trinajstić information content (AvgIpc) is 2.91. The van der Waals surface area contributed by atoms with E-state index in [1.165, 1.54) is 6.08 Å². The summed E-state index contributed by atoms with van der Waals surface area (Å²) in [5, 5.41) is 18.9. The Kier molecular flexibility index (Phi) is 6.00. The number of carboxylic acid groups (broad SMARTS) is 1. The summed E-state index contributed by atoms with van der Waals surface area (Å²) < 4.78 is 11.5. The van der Waals surface area contributed by atoms with E-state index >= 15 is 0 Å². The van der Waals surface area contributed by atoms with Crippen LogP contribution < -0.4 is 9.84 Å². The Balaban J connectivity index is 2.36. The summed E-state index contributed by atoms with van der Waals surface area (Å²) >= 11 is 4.16.